The lowest BCUT2D eigenvalue weighted by atomic mass is 9.97. The van der Waals surface area contributed by atoms with Crippen molar-refractivity contribution in [3.05, 3.63) is 77.7 Å². The Balaban J connectivity index is 1.70. The van der Waals surface area contributed by atoms with Gasteiger partial charge in [-0.3, -0.25) is 9.88 Å². The molecule has 0 saturated carbocycles. The Kier molecular flexibility index (Phi) is 6.26. The molecule has 0 radical (unpaired) electrons. The molecule has 0 spiro atoms. The summed E-state index contributed by atoms with van der Waals surface area (Å²) >= 11 is 6.01. The molecular formula is C21H20ClN5O4S. The summed E-state index contributed by atoms with van der Waals surface area (Å²) in [4.78, 5) is 22.6. The van der Waals surface area contributed by atoms with Crippen molar-refractivity contribution in [3.8, 4) is 11.6 Å². The van der Waals surface area contributed by atoms with Gasteiger partial charge in [0.1, 0.15) is 5.75 Å². The molecule has 3 N–H and O–H groups in total. The highest BCUT2D eigenvalue weighted by atomic mass is 35.5. The van der Waals surface area contributed by atoms with E-state index in [9.17, 15) is 13.2 Å². The van der Waals surface area contributed by atoms with Gasteiger partial charge < -0.3 is 10.1 Å². The molecule has 1 saturated heterocycles. The summed E-state index contributed by atoms with van der Waals surface area (Å²) < 4.78 is 28.9. The number of rotatable bonds is 7. The SMILES string of the molecule is NS(=O)(=O)CCC1NC(=O)N(c2ccc(Cl)cc2)C1c1cccc(Oc2cnccn2)c1. The van der Waals surface area contributed by atoms with Gasteiger partial charge in [-0.25, -0.2) is 23.3 Å². The molecule has 11 heteroatoms. The first-order chi connectivity index (χ1) is 15.3. The van der Waals surface area contributed by atoms with Crippen molar-refractivity contribution in [2.45, 2.75) is 18.5 Å². The number of halogens is 1. The summed E-state index contributed by atoms with van der Waals surface area (Å²) in [5.74, 6) is 0.563. The highest BCUT2D eigenvalue weighted by molar-refractivity contribution is 7.89. The zero-order valence-corrected chi connectivity index (χ0v) is 18.3. The summed E-state index contributed by atoms with van der Waals surface area (Å²) in [5.41, 5.74) is 1.37. The van der Waals surface area contributed by atoms with Gasteiger partial charge in [0.05, 0.1) is 24.0 Å². The van der Waals surface area contributed by atoms with Crippen LogP contribution in [0.1, 0.15) is 18.0 Å². The summed E-state index contributed by atoms with van der Waals surface area (Å²) in [6, 6.07) is 12.7. The van der Waals surface area contributed by atoms with Crippen molar-refractivity contribution in [2.24, 2.45) is 5.14 Å². The van der Waals surface area contributed by atoms with E-state index < -0.39 is 22.1 Å². The molecule has 9 nitrogen and oxygen atoms in total. The molecule has 4 rings (SSSR count). The van der Waals surface area contributed by atoms with Crippen LogP contribution < -0.4 is 20.1 Å². The molecule has 2 unspecified atom stereocenters. The van der Waals surface area contributed by atoms with Crippen LogP contribution in [0.25, 0.3) is 0 Å². The number of hydrogen-bond acceptors (Lipinski definition) is 6. The third-order valence-electron chi connectivity index (χ3n) is 4.97. The van der Waals surface area contributed by atoms with Gasteiger partial charge in [0.2, 0.25) is 15.9 Å². The fraction of sp³-hybridized carbons (Fsp3) is 0.190. The quantitative estimate of drug-likeness (QED) is 0.542. The number of primary sulfonamides is 1. The number of benzene rings is 2. The van der Waals surface area contributed by atoms with E-state index in [1.54, 1.807) is 53.6 Å². The number of amides is 2. The number of carbonyl (C=O) groups is 1. The Labute approximate surface area is 190 Å². The van der Waals surface area contributed by atoms with E-state index in [-0.39, 0.29) is 18.2 Å². The molecule has 2 amide bonds. The van der Waals surface area contributed by atoms with Crippen molar-refractivity contribution >= 4 is 33.3 Å². The number of aromatic nitrogens is 2. The minimum atomic E-state index is -3.70. The van der Waals surface area contributed by atoms with E-state index in [0.29, 0.717) is 22.3 Å². The molecular weight excluding hydrogens is 454 g/mol. The monoisotopic (exact) mass is 473 g/mol. The molecule has 32 heavy (non-hydrogen) atoms. The average molecular weight is 474 g/mol. The Bertz CT molecular complexity index is 1210. The number of anilines is 1. The molecule has 0 bridgehead atoms. The summed E-state index contributed by atoms with van der Waals surface area (Å²) in [6.45, 7) is 0. The number of nitrogens with zero attached hydrogens (tertiary/aromatic N) is 3. The lowest BCUT2D eigenvalue weighted by Gasteiger charge is -2.27. The maximum Gasteiger partial charge on any atom is 0.322 e. The molecule has 166 valence electrons. The number of ether oxygens (including phenoxy) is 1. The third-order valence-corrected chi connectivity index (χ3v) is 6.02. The Morgan fingerprint density at radius 3 is 2.62 bits per heavy atom. The Morgan fingerprint density at radius 1 is 1.16 bits per heavy atom. The van der Waals surface area contributed by atoms with Gasteiger partial charge in [-0.2, -0.15) is 0 Å². The number of carbonyl (C=O) groups excluding carboxylic acids is 1. The van der Waals surface area contributed by atoms with E-state index in [1.807, 2.05) is 6.07 Å². The van der Waals surface area contributed by atoms with Crippen molar-refractivity contribution < 1.29 is 17.9 Å². The van der Waals surface area contributed by atoms with Crippen LogP contribution in [0.4, 0.5) is 10.5 Å². The Morgan fingerprint density at radius 2 is 1.94 bits per heavy atom. The Hall–Kier alpha value is -3.21. The third kappa shape index (κ3) is 5.16. The largest absolute Gasteiger partial charge is 0.437 e. The summed E-state index contributed by atoms with van der Waals surface area (Å²) in [5, 5.41) is 8.62. The first kappa shape index (κ1) is 22.0. The van der Waals surface area contributed by atoms with Gasteiger partial charge in [0, 0.05) is 23.1 Å². The molecule has 1 aliphatic rings. The van der Waals surface area contributed by atoms with Gasteiger partial charge in [0.15, 0.2) is 0 Å². The highest BCUT2D eigenvalue weighted by Crippen LogP contribution is 2.37. The van der Waals surface area contributed by atoms with Gasteiger partial charge in [-0.05, 0) is 48.4 Å². The van der Waals surface area contributed by atoms with Crippen LogP contribution in [-0.2, 0) is 10.0 Å². The maximum atomic E-state index is 12.9. The van der Waals surface area contributed by atoms with E-state index in [2.05, 4.69) is 15.3 Å². The summed E-state index contributed by atoms with van der Waals surface area (Å²) in [6.07, 6.45) is 4.69. The van der Waals surface area contributed by atoms with Crippen molar-refractivity contribution in [1.82, 2.24) is 15.3 Å². The van der Waals surface area contributed by atoms with Crippen LogP contribution in [0.3, 0.4) is 0 Å². The summed E-state index contributed by atoms with van der Waals surface area (Å²) in [7, 11) is -3.70. The zero-order valence-electron chi connectivity index (χ0n) is 16.8. The number of sulfonamides is 1. The van der Waals surface area contributed by atoms with Crippen molar-refractivity contribution in [3.63, 3.8) is 0 Å². The lowest BCUT2D eigenvalue weighted by Crippen LogP contribution is -2.31. The topological polar surface area (TPSA) is 128 Å². The van der Waals surface area contributed by atoms with Crippen LogP contribution in [0.5, 0.6) is 11.6 Å². The van der Waals surface area contributed by atoms with E-state index in [1.165, 1.54) is 12.4 Å². The van der Waals surface area contributed by atoms with Gasteiger partial charge in [-0.15, -0.1) is 0 Å². The average Bonchev–Trinajstić information content (AvgIpc) is 3.09. The molecule has 2 atom stereocenters. The fourth-order valence-electron chi connectivity index (χ4n) is 3.62. The smallest absolute Gasteiger partial charge is 0.322 e. The first-order valence-corrected chi connectivity index (χ1v) is 11.8. The van der Waals surface area contributed by atoms with Crippen LogP contribution in [0.15, 0.2) is 67.1 Å². The van der Waals surface area contributed by atoms with Gasteiger partial charge in [-0.1, -0.05) is 23.7 Å². The normalized spacial score (nSPS) is 18.4. The van der Waals surface area contributed by atoms with Crippen molar-refractivity contribution in [1.29, 1.82) is 0 Å². The maximum absolute atomic E-state index is 12.9. The number of nitrogens with one attached hydrogen (secondary N) is 1. The fourth-order valence-corrected chi connectivity index (χ4v) is 4.32. The molecule has 0 aliphatic carbocycles. The molecule has 1 aromatic heterocycles. The van der Waals surface area contributed by atoms with Crippen LogP contribution in [-0.4, -0.2) is 36.2 Å². The highest BCUT2D eigenvalue weighted by Gasteiger charge is 2.41. The second kappa shape index (κ2) is 9.11. The minimum Gasteiger partial charge on any atom is -0.437 e. The number of urea groups is 1. The lowest BCUT2D eigenvalue weighted by molar-refractivity contribution is 0.250. The molecule has 2 heterocycles. The number of hydrogen-bond donors (Lipinski definition) is 2. The van der Waals surface area contributed by atoms with Crippen molar-refractivity contribution in [2.75, 3.05) is 10.7 Å². The number of nitrogens with two attached hydrogens (primary N) is 1. The minimum absolute atomic E-state index is 0.147. The van der Waals surface area contributed by atoms with E-state index in [4.69, 9.17) is 21.5 Å². The van der Waals surface area contributed by atoms with E-state index >= 15 is 0 Å². The molecule has 2 aromatic carbocycles. The second-order valence-corrected chi connectivity index (χ2v) is 9.39. The predicted octanol–water partition coefficient (Wildman–Crippen LogP) is 3.24. The molecule has 3 aromatic rings. The standard InChI is InChI=1S/C21H20ClN5O4S/c22-15-4-6-16(7-5-15)27-20(18(26-21(27)28)8-11-32(23,29)30)14-2-1-3-17(12-14)31-19-13-24-9-10-25-19/h1-7,9-10,12-13,18,20H,8,11H2,(H,26,28)(H2,23,29,30). The predicted molar refractivity (Wildman–Crippen MR) is 120 cm³/mol. The van der Waals surface area contributed by atoms with Crippen LogP contribution in [0.2, 0.25) is 5.02 Å². The van der Waals surface area contributed by atoms with Crippen LogP contribution in [0, 0.1) is 0 Å². The van der Waals surface area contributed by atoms with Crippen LogP contribution >= 0.6 is 11.6 Å². The van der Waals surface area contributed by atoms with Gasteiger partial charge >= 0.3 is 6.03 Å². The molecule has 1 aliphatic heterocycles. The zero-order chi connectivity index (χ0) is 22.7. The van der Waals surface area contributed by atoms with Gasteiger partial charge in [0.25, 0.3) is 0 Å². The second-order valence-electron chi connectivity index (χ2n) is 7.22. The van der Waals surface area contributed by atoms with E-state index in [0.717, 1.165) is 5.56 Å². The molecule has 1 fully saturated rings. The first-order valence-electron chi connectivity index (χ1n) is 9.70.